The van der Waals surface area contributed by atoms with Crippen molar-refractivity contribution in [3.8, 4) is 0 Å². The third-order valence-corrected chi connectivity index (χ3v) is 2.48. The first kappa shape index (κ1) is 14.9. The molecule has 0 spiro atoms. The maximum atomic E-state index is 11.9. The topological polar surface area (TPSA) is 83.1 Å². The first-order valence-electron chi connectivity index (χ1n) is 6.37. The molecular formula is C13H20N4O2. The van der Waals surface area contributed by atoms with E-state index < -0.39 is 6.04 Å². The Bertz CT molecular complexity index is 431. The lowest BCUT2D eigenvalue weighted by molar-refractivity contribution is -0.122. The Morgan fingerprint density at radius 2 is 2.00 bits per heavy atom. The second kappa shape index (κ2) is 7.35. The summed E-state index contributed by atoms with van der Waals surface area (Å²) in [5.74, 6) is 0.207. The minimum atomic E-state index is -0.569. The van der Waals surface area contributed by atoms with Crippen LogP contribution in [0.3, 0.4) is 0 Å². The third-order valence-electron chi connectivity index (χ3n) is 2.48. The number of amides is 2. The van der Waals surface area contributed by atoms with E-state index in [9.17, 15) is 9.59 Å². The fourth-order valence-electron chi connectivity index (χ4n) is 1.49. The summed E-state index contributed by atoms with van der Waals surface area (Å²) in [7, 11) is 0. The highest BCUT2D eigenvalue weighted by Crippen LogP contribution is 2.04. The van der Waals surface area contributed by atoms with Crippen LogP contribution in [-0.2, 0) is 4.79 Å². The number of hydrogen-bond donors (Lipinski definition) is 3. The number of hydrogen-bond acceptors (Lipinski definition) is 4. The molecule has 0 radical (unpaired) electrons. The molecule has 3 N–H and O–H groups in total. The van der Waals surface area contributed by atoms with Crippen molar-refractivity contribution in [3.63, 3.8) is 0 Å². The summed E-state index contributed by atoms with van der Waals surface area (Å²) in [4.78, 5) is 27.5. The smallest absolute Gasteiger partial charge is 0.253 e. The predicted molar refractivity (Wildman–Crippen MR) is 74.0 cm³/mol. The highest BCUT2D eigenvalue weighted by Gasteiger charge is 2.15. The molecule has 0 saturated heterocycles. The number of anilines is 1. The molecule has 0 aliphatic rings. The van der Waals surface area contributed by atoms with Gasteiger partial charge in [0.05, 0.1) is 5.56 Å². The van der Waals surface area contributed by atoms with Crippen molar-refractivity contribution in [2.45, 2.75) is 26.8 Å². The lowest BCUT2D eigenvalue weighted by Gasteiger charge is -2.13. The molecule has 6 nitrogen and oxygen atoms in total. The van der Waals surface area contributed by atoms with Crippen LogP contribution in [0.25, 0.3) is 0 Å². The first-order valence-corrected chi connectivity index (χ1v) is 6.37. The fourth-order valence-corrected chi connectivity index (χ4v) is 1.49. The van der Waals surface area contributed by atoms with E-state index in [2.05, 4.69) is 20.9 Å². The quantitative estimate of drug-likeness (QED) is 0.708. The summed E-state index contributed by atoms with van der Waals surface area (Å²) in [6.07, 6.45) is 1.48. The molecule has 0 aromatic carbocycles. The van der Waals surface area contributed by atoms with Gasteiger partial charge in [-0.25, -0.2) is 4.98 Å². The van der Waals surface area contributed by atoms with Crippen molar-refractivity contribution in [3.05, 3.63) is 23.9 Å². The molecule has 0 fully saturated rings. The van der Waals surface area contributed by atoms with Crippen molar-refractivity contribution in [1.29, 1.82) is 0 Å². The van der Waals surface area contributed by atoms with Gasteiger partial charge in [0.15, 0.2) is 0 Å². The van der Waals surface area contributed by atoms with Gasteiger partial charge in [-0.15, -0.1) is 0 Å². The Balaban J connectivity index is 2.60. The van der Waals surface area contributed by atoms with Gasteiger partial charge in [0.2, 0.25) is 5.91 Å². The number of carbonyl (C=O) groups excluding carboxylic acids is 2. The van der Waals surface area contributed by atoms with Gasteiger partial charge in [0.25, 0.3) is 5.91 Å². The number of likely N-dealkylation sites (N-methyl/N-ethyl adjacent to an activating group) is 1. The van der Waals surface area contributed by atoms with E-state index in [1.54, 1.807) is 19.1 Å². The molecule has 104 valence electrons. The largest absolute Gasteiger partial charge is 0.370 e. The van der Waals surface area contributed by atoms with Gasteiger partial charge >= 0.3 is 0 Å². The molecule has 19 heavy (non-hydrogen) atoms. The van der Waals surface area contributed by atoms with Crippen LogP contribution in [0.4, 0.5) is 5.82 Å². The van der Waals surface area contributed by atoms with E-state index in [0.717, 1.165) is 12.4 Å². The standard InChI is InChI=1S/C13H20N4O2/c1-4-14-11-7-6-10(8-16-11)13(19)17-9(3)12(18)15-5-2/h6-9H,4-5H2,1-3H3,(H,14,16)(H,15,18)(H,17,19). The normalized spacial score (nSPS) is 11.5. The SMILES string of the molecule is CCNC(=O)C(C)NC(=O)c1ccc(NCC)nc1. The summed E-state index contributed by atoms with van der Waals surface area (Å²) in [6.45, 7) is 6.75. The maximum Gasteiger partial charge on any atom is 0.253 e. The molecule has 1 aromatic heterocycles. The zero-order valence-electron chi connectivity index (χ0n) is 11.5. The van der Waals surface area contributed by atoms with E-state index in [1.165, 1.54) is 6.20 Å². The molecule has 1 heterocycles. The van der Waals surface area contributed by atoms with Crippen molar-refractivity contribution in [2.24, 2.45) is 0 Å². The minimum Gasteiger partial charge on any atom is -0.370 e. The van der Waals surface area contributed by atoms with Gasteiger partial charge in [-0.3, -0.25) is 9.59 Å². The Hall–Kier alpha value is -2.11. The van der Waals surface area contributed by atoms with Crippen LogP contribution in [0.1, 0.15) is 31.1 Å². The second-order valence-corrected chi connectivity index (χ2v) is 4.05. The monoisotopic (exact) mass is 264 g/mol. The summed E-state index contributed by atoms with van der Waals surface area (Å²) in [6, 6.07) is 2.83. The van der Waals surface area contributed by atoms with Crippen LogP contribution >= 0.6 is 0 Å². The number of nitrogens with one attached hydrogen (secondary N) is 3. The van der Waals surface area contributed by atoms with Crippen LogP contribution in [0.15, 0.2) is 18.3 Å². The Labute approximate surface area is 113 Å². The van der Waals surface area contributed by atoms with Gasteiger partial charge in [-0.05, 0) is 32.9 Å². The van der Waals surface area contributed by atoms with E-state index in [1.807, 2.05) is 13.8 Å². The number of aromatic nitrogens is 1. The zero-order valence-corrected chi connectivity index (χ0v) is 11.5. The molecule has 6 heteroatoms. The van der Waals surface area contributed by atoms with Crippen LogP contribution < -0.4 is 16.0 Å². The Morgan fingerprint density at radius 3 is 2.53 bits per heavy atom. The van der Waals surface area contributed by atoms with Crippen molar-refractivity contribution >= 4 is 17.6 Å². The molecule has 0 bridgehead atoms. The van der Waals surface area contributed by atoms with Gasteiger partial charge in [-0.1, -0.05) is 0 Å². The van der Waals surface area contributed by atoms with Crippen molar-refractivity contribution in [2.75, 3.05) is 18.4 Å². The Kier molecular flexibility index (Phi) is 5.78. The molecule has 1 rings (SSSR count). The van der Waals surface area contributed by atoms with Gasteiger partial charge < -0.3 is 16.0 Å². The highest BCUT2D eigenvalue weighted by molar-refractivity contribution is 5.97. The van der Waals surface area contributed by atoms with E-state index in [-0.39, 0.29) is 11.8 Å². The third kappa shape index (κ3) is 4.57. The summed E-state index contributed by atoms with van der Waals surface area (Å²) >= 11 is 0. The van der Waals surface area contributed by atoms with Crippen molar-refractivity contribution in [1.82, 2.24) is 15.6 Å². The average molecular weight is 264 g/mol. The maximum absolute atomic E-state index is 11.9. The Morgan fingerprint density at radius 1 is 1.26 bits per heavy atom. The molecule has 0 aliphatic carbocycles. The van der Waals surface area contributed by atoms with E-state index in [0.29, 0.717) is 12.1 Å². The van der Waals surface area contributed by atoms with Gasteiger partial charge in [-0.2, -0.15) is 0 Å². The molecule has 1 atom stereocenters. The molecule has 0 aliphatic heterocycles. The predicted octanol–water partition coefficient (Wildman–Crippen LogP) is 0.768. The molecule has 0 saturated carbocycles. The van der Waals surface area contributed by atoms with Gasteiger partial charge in [0, 0.05) is 19.3 Å². The number of nitrogens with zero attached hydrogens (tertiary/aromatic N) is 1. The minimum absolute atomic E-state index is 0.201. The van der Waals surface area contributed by atoms with Crippen LogP contribution in [-0.4, -0.2) is 35.9 Å². The summed E-state index contributed by atoms with van der Waals surface area (Å²) in [5, 5.41) is 8.31. The van der Waals surface area contributed by atoms with Gasteiger partial charge in [0.1, 0.15) is 11.9 Å². The van der Waals surface area contributed by atoms with Crippen LogP contribution in [0.5, 0.6) is 0 Å². The fraction of sp³-hybridized carbons (Fsp3) is 0.462. The van der Waals surface area contributed by atoms with Crippen LogP contribution in [0, 0.1) is 0 Å². The highest BCUT2D eigenvalue weighted by atomic mass is 16.2. The molecule has 1 unspecified atom stereocenters. The van der Waals surface area contributed by atoms with Crippen LogP contribution in [0.2, 0.25) is 0 Å². The molecule has 1 aromatic rings. The molecular weight excluding hydrogens is 244 g/mol. The van der Waals surface area contributed by atoms with Crippen molar-refractivity contribution < 1.29 is 9.59 Å². The summed E-state index contributed by atoms with van der Waals surface area (Å²) < 4.78 is 0. The number of carbonyl (C=O) groups is 2. The number of pyridine rings is 1. The number of rotatable bonds is 6. The zero-order chi connectivity index (χ0) is 14.3. The lowest BCUT2D eigenvalue weighted by Crippen LogP contribution is -2.44. The van der Waals surface area contributed by atoms with E-state index in [4.69, 9.17) is 0 Å². The average Bonchev–Trinajstić information content (AvgIpc) is 2.40. The molecule has 2 amide bonds. The lowest BCUT2D eigenvalue weighted by atomic mass is 10.2. The second-order valence-electron chi connectivity index (χ2n) is 4.05. The first-order chi connectivity index (χ1) is 9.08. The van der Waals surface area contributed by atoms with E-state index >= 15 is 0 Å². The summed E-state index contributed by atoms with van der Waals surface area (Å²) in [5.41, 5.74) is 0.429.